The van der Waals surface area contributed by atoms with Crippen LogP contribution in [0.3, 0.4) is 0 Å². The molecule has 0 atom stereocenters. The Labute approximate surface area is 123 Å². The summed E-state index contributed by atoms with van der Waals surface area (Å²) in [5.41, 5.74) is 0.816. The Morgan fingerprint density at radius 1 is 1.32 bits per heavy atom. The first kappa shape index (κ1) is 16.1. The van der Waals surface area contributed by atoms with E-state index in [1.54, 1.807) is 31.3 Å². The second-order valence-electron chi connectivity index (χ2n) is 3.45. The zero-order valence-corrected chi connectivity index (χ0v) is 12.0. The molecule has 2 nitrogen and oxygen atoms in total. The number of rotatable bonds is 2. The monoisotopic (exact) mass is 328 g/mol. The first-order chi connectivity index (χ1) is 8.41. The summed E-state index contributed by atoms with van der Waals surface area (Å²) < 4.78 is 37.8. The molecule has 0 aliphatic rings. The molecule has 0 aliphatic heterocycles. The highest BCUT2D eigenvalue weighted by molar-refractivity contribution is 7.16. The van der Waals surface area contributed by atoms with Crippen molar-refractivity contribution >= 4 is 40.3 Å². The van der Waals surface area contributed by atoms with Crippen LogP contribution in [0.5, 0.6) is 0 Å². The number of hydrogen-bond donors (Lipinski definition) is 1. The van der Waals surface area contributed by atoms with Crippen LogP contribution in [0.25, 0.3) is 11.3 Å². The number of anilines is 1. The average Bonchev–Trinajstić information content (AvgIpc) is 2.72. The van der Waals surface area contributed by atoms with Crippen LogP contribution < -0.4 is 5.32 Å². The van der Waals surface area contributed by atoms with Gasteiger partial charge in [0.05, 0.1) is 0 Å². The van der Waals surface area contributed by atoms with Crippen LogP contribution in [0, 0.1) is 0 Å². The number of alkyl halides is 3. The second kappa shape index (κ2) is 5.98. The normalized spacial score (nSPS) is 11.0. The molecule has 2 rings (SSSR count). The van der Waals surface area contributed by atoms with E-state index in [9.17, 15) is 13.2 Å². The SMILES string of the molecule is CNc1sc(C(F)(F)F)nc1-c1cccc(Cl)c1.Cl. The molecular formula is C11H9Cl2F3N2S. The zero-order chi connectivity index (χ0) is 13.3. The standard InChI is InChI=1S/C11H8ClF3N2S.ClH/c1-16-9-8(6-3-2-4-7(12)5-6)17-10(18-9)11(13,14)15;/h2-5,16H,1H3;1H. The van der Waals surface area contributed by atoms with E-state index in [0.29, 0.717) is 26.9 Å². The lowest BCUT2D eigenvalue weighted by Gasteiger charge is -2.01. The van der Waals surface area contributed by atoms with Crippen LogP contribution in [-0.4, -0.2) is 12.0 Å². The van der Waals surface area contributed by atoms with Gasteiger partial charge in [0.1, 0.15) is 10.7 Å². The fourth-order valence-electron chi connectivity index (χ4n) is 1.44. The summed E-state index contributed by atoms with van der Waals surface area (Å²) in [5, 5.41) is 2.67. The average molecular weight is 329 g/mol. The quantitative estimate of drug-likeness (QED) is 0.844. The summed E-state index contributed by atoms with van der Waals surface area (Å²) in [4.78, 5) is 3.64. The molecule has 2 aromatic rings. The third kappa shape index (κ3) is 3.52. The van der Waals surface area contributed by atoms with E-state index in [1.165, 1.54) is 0 Å². The lowest BCUT2D eigenvalue weighted by molar-refractivity contribution is -0.137. The summed E-state index contributed by atoms with van der Waals surface area (Å²) in [7, 11) is 1.56. The van der Waals surface area contributed by atoms with Crippen LogP contribution >= 0.6 is 35.3 Å². The summed E-state index contributed by atoms with van der Waals surface area (Å²) >= 11 is 6.40. The maximum absolute atomic E-state index is 12.6. The van der Waals surface area contributed by atoms with Gasteiger partial charge < -0.3 is 5.32 Å². The van der Waals surface area contributed by atoms with Crippen molar-refractivity contribution in [2.24, 2.45) is 0 Å². The largest absolute Gasteiger partial charge is 0.443 e. The van der Waals surface area contributed by atoms with Crippen LogP contribution in [0.4, 0.5) is 18.2 Å². The molecule has 0 spiro atoms. The van der Waals surface area contributed by atoms with Crippen molar-refractivity contribution in [1.29, 1.82) is 0 Å². The van der Waals surface area contributed by atoms with Crippen LogP contribution in [0.15, 0.2) is 24.3 Å². The van der Waals surface area contributed by atoms with Gasteiger partial charge in [0.15, 0.2) is 0 Å². The number of nitrogens with zero attached hydrogens (tertiary/aromatic N) is 1. The van der Waals surface area contributed by atoms with Crippen molar-refractivity contribution in [2.45, 2.75) is 6.18 Å². The molecule has 1 N–H and O–H groups in total. The molecule has 19 heavy (non-hydrogen) atoms. The van der Waals surface area contributed by atoms with Crippen molar-refractivity contribution in [2.75, 3.05) is 12.4 Å². The van der Waals surface area contributed by atoms with Gasteiger partial charge in [0.2, 0.25) is 5.01 Å². The summed E-state index contributed by atoms with van der Waals surface area (Å²) in [6.07, 6.45) is -4.44. The lowest BCUT2D eigenvalue weighted by atomic mass is 10.1. The fraction of sp³-hybridized carbons (Fsp3) is 0.182. The Hall–Kier alpha value is -0.980. The van der Waals surface area contributed by atoms with Gasteiger partial charge in [-0.25, -0.2) is 4.98 Å². The number of nitrogens with one attached hydrogen (secondary N) is 1. The van der Waals surface area contributed by atoms with Gasteiger partial charge in [0.25, 0.3) is 0 Å². The summed E-state index contributed by atoms with van der Waals surface area (Å²) in [6, 6.07) is 6.57. The molecule has 0 unspecified atom stereocenters. The summed E-state index contributed by atoms with van der Waals surface area (Å²) in [6.45, 7) is 0. The molecule has 0 radical (unpaired) electrons. The number of aromatic nitrogens is 1. The fourth-order valence-corrected chi connectivity index (χ4v) is 2.44. The van der Waals surface area contributed by atoms with Gasteiger partial charge in [-0.3, -0.25) is 0 Å². The van der Waals surface area contributed by atoms with Gasteiger partial charge in [-0.1, -0.05) is 35.1 Å². The van der Waals surface area contributed by atoms with Crippen LogP contribution in [0.2, 0.25) is 5.02 Å². The van der Waals surface area contributed by atoms with E-state index in [1.807, 2.05) is 0 Å². The van der Waals surface area contributed by atoms with Crippen molar-refractivity contribution in [3.63, 3.8) is 0 Å². The Morgan fingerprint density at radius 2 is 2.00 bits per heavy atom. The highest BCUT2D eigenvalue weighted by Gasteiger charge is 2.36. The smallest absolute Gasteiger partial charge is 0.378 e. The highest BCUT2D eigenvalue weighted by atomic mass is 35.5. The molecule has 104 valence electrons. The summed E-state index contributed by atoms with van der Waals surface area (Å²) in [5.74, 6) is 0. The van der Waals surface area contributed by atoms with E-state index in [2.05, 4.69) is 10.3 Å². The van der Waals surface area contributed by atoms with Crippen molar-refractivity contribution in [3.8, 4) is 11.3 Å². The Bertz CT molecular complexity index is 569. The minimum Gasteiger partial charge on any atom is -0.378 e. The van der Waals surface area contributed by atoms with Crippen LogP contribution in [0.1, 0.15) is 5.01 Å². The minimum absolute atomic E-state index is 0. The van der Waals surface area contributed by atoms with Gasteiger partial charge in [-0.05, 0) is 12.1 Å². The third-order valence-electron chi connectivity index (χ3n) is 2.19. The molecule has 1 heterocycles. The second-order valence-corrected chi connectivity index (χ2v) is 4.89. The zero-order valence-electron chi connectivity index (χ0n) is 9.58. The number of hydrogen-bond acceptors (Lipinski definition) is 3. The van der Waals surface area contributed by atoms with E-state index < -0.39 is 11.2 Å². The van der Waals surface area contributed by atoms with Crippen molar-refractivity contribution < 1.29 is 13.2 Å². The van der Waals surface area contributed by atoms with Gasteiger partial charge in [-0.2, -0.15) is 13.2 Å². The van der Waals surface area contributed by atoms with Gasteiger partial charge in [-0.15, -0.1) is 12.4 Å². The van der Waals surface area contributed by atoms with Crippen molar-refractivity contribution in [3.05, 3.63) is 34.3 Å². The Morgan fingerprint density at radius 3 is 2.53 bits per heavy atom. The first-order valence-electron chi connectivity index (χ1n) is 4.93. The highest BCUT2D eigenvalue weighted by Crippen LogP contribution is 2.40. The molecule has 0 amide bonds. The topological polar surface area (TPSA) is 24.9 Å². The number of halogens is 5. The minimum atomic E-state index is -4.44. The van der Waals surface area contributed by atoms with Gasteiger partial charge in [0, 0.05) is 17.6 Å². The first-order valence-corrected chi connectivity index (χ1v) is 6.13. The Kier molecular flexibility index (Phi) is 5.06. The molecule has 0 fully saturated rings. The number of thiazole rings is 1. The molecule has 8 heteroatoms. The maximum atomic E-state index is 12.6. The van der Waals surface area contributed by atoms with E-state index >= 15 is 0 Å². The number of benzene rings is 1. The molecular weight excluding hydrogens is 320 g/mol. The molecule has 1 aromatic carbocycles. The maximum Gasteiger partial charge on any atom is 0.443 e. The molecule has 0 saturated carbocycles. The van der Waals surface area contributed by atoms with E-state index in [-0.39, 0.29) is 18.1 Å². The van der Waals surface area contributed by atoms with Crippen molar-refractivity contribution in [1.82, 2.24) is 4.98 Å². The molecule has 0 saturated heterocycles. The van der Waals surface area contributed by atoms with E-state index in [4.69, 9.17) is 11.6 Å². The predicted octanol–water partition coefficient (Wildman–Crippen LogP) is 4.95. The molecule has 0 aliphatic carbocycles. The molecule has 0 bridgehead atoms. The molecule has 1 aromatic heterocycles. The van der Waals surface area contributed by atoms with Crippen LogP contribution in [-0.2, 0) is 6.18 Å². The third-order valence-corrected chi connectivity index (χ3v) is 3.55. The Balaban J connectivity index is 0.00000180. The van der Waals surface area contributed by atoms with Gasteiger partial charge >= 0.3 is 6.18 Å². The van der Waals surface area contributed by atoms with E-state index in [0.717, 1.165) is 0 Å². The predicted molar refractivity (Wildman–Crippen MR) is 74.4 cm³/mol. The lowest BCUT2D eigenvalue weighted by Crippen LogP contribution is -2.03.